The molecule has 0 aliphatic carbocycles. The van der Waals surface area contributed by atoms with E-state index in [1.165, 1.54) is 0 Å². The molecular weight excluding hydrogens is 186 g/mol. The number of hydrogen-bond acceptors (Lipinski definition) is 4. The minimum absolute atomic E-state index is 0.326. The van der Waals surface area contributed by atoms with E-state index in [-0.39, 0.29) is 0 Å². The lowest BCUT2D eigenvalue weighted by molar-refractivity contribution is -0.138. The van der Waals surface area contributed by atoms with Gasteiger partial charge in [0, 0.05) is 0 Å². The molecule has 0 saturated heterocycles. The highest BCUT2D eigenvalue weighted by molar-refractivity contribution is 7.85. The Labute approximate surface area is 70.3 Å². The third-order valence-corrected chi connectivity index (χ3v) is 1.88. The highest BCUT2D eigenvalue weighted by Crippen LogP contribution is 1.90. The first-order chi connectivity index (χ1) is 5.37. The zero-order valence-corrected chi connectivity index (χ0v) is 7.34. The summed E-state index contributed by atoms with van der Waals surface area (Å²) < 4.78 is 28.9. The zero-order valence-electron chi connectivity index (χ0n) is 6.52. The standard InChI is InChI=1S/C5H11NO5S/c1-2-6-4(5(7)8)3-12(9,10)11/h4,6H,2-3H2,1H3,(H,7,8)(H,9,10,11)/t4-/m0/s1. The molecule has 0 aromatic rings. The van der Waals surface area contributed by atoms with E-state index in [1.807, 2.05) is 0 Å². The van der Waals surface area contributed by atoms with Crippen molar-refractivity contribution >= 4 is 16.1 Å². The Morgan fingerprint density at radius 3 is 2.33 bits per heavy atom. The zero-order chi connectivity index (χ0) is 9.78. The second-order valence-corrected chi connectivity index (χ2v) is 3.69. The first kappa shape index (κ1) is 11.3. The van der Waals surface area contributed by atoms with Gasteiger partial charge in [0.15, 0.2) is 0 Å². The number of hydrogen-bond donors (Lipinski definition) is 3. The topological polar surface area (TPSA) is 104 Å². The Kier molecular flexibility index (Phi) is 4.15. The summed E-state index contributed by atoms with van der Waals surface area (Å²) in [6.45, 7) is 1.96. The van der Waals surface area contributed by atoms with Crippen molar-refractivity contribution in [3.8, 4) is 0 Å². The van der Waals surface area contributed by atoms with Gasteiger partial charge in [-0.15, -0.1) is 0 Å². The van der Waals surface area contributed by atoms with Gasteiger partial charge in [-0.2, -0.15) is 8.42 Å². The van der Waals surface area contributed by atoms with Gasteiger partial charge in [-0.1, -0.05) is 6.92 Å². The summed E-state index contributed by atoms with van der Waals surface area (Å²) in [6.07, 6.45) is 0. The fourth-order valence-corrected chi connectivity index (χ4v) is 1.36. The molecule has 7 heteroatoms. The molecule has 0 aromatic carbocycles. The quantitative estimate of drug-likeness (QED) is 0.485. The molecule has 0 spiro atoms. The maximum absolute atomic E-state index is 10.3. The number of aliphatic carboxylic acids is 1. The molecular formula is C5H11NO5S. The minimum atomic E-state index is -4.23. The molecule has 12 heavy (non-hydrogen) atoms. The van der Waals surface area contributed by atoms with Gasteiger partial charge < -0.3 is 10.4 Å². The number of carboxylic acid groups (broad SMARTS) is 1. The number of nitrogens with one attached hydrogen (secondary N) is 1. The van der Waals surface area contributed by atoms with Gasteiger partial charge in [0.05, 0.1) is 0 Å². The molecule has 0 amide bonds. The van der Waals surface area contributed by atoms with E-state index in [2.05, 4.69) is 5.32 Å². The maximum atomic E-state index is 10.3. The summed E-state index contributed by atoms with van der Waals surface area (Å²) in [5.74, 6) is -2.11. The van der Waals surface area contributed by atoms with E-state index in [1.54, 1.807) is 6.92 Å². The lowest BCUT2D eigenvalue weighted by Gasteiger charge is -2.09. The third-order valence-electron chi connectivity index (χ3n) is 1.13. The van der Waals surface area contributed by atoms with Crippen LogP contribution in [0.3, 0.4) is 0 Å². The molecule has 72 valence electrons. The monoisotopic (exact) mass is 197 g/mol. The summed E-state index contributed by atoms with van der Waals surface area (Å²) in [7, 11) is -4.23. The van der Waals surface area contributed by atoms with E-state index >= 15 is 0 Å². The van der Waals surface area contributed by atoms with Crippen LogP contribution in [0.5, 0.6) is 0 Å². The second kappa shape index (κ2) is 4.39. The first-order valence-electron chi connectivity index (χ1n) is 3.28. The lowest BCUT2D eigenvalue weighted by Crippen LogP contribution is -2.41. The molecule has 0 aliphatic heterocycles. The molecule has 0 fully saturated rings. The second-order valence-electron chi connectivity index (χ2n) is 2.20. The normalized spacial score (nSPS) is 14.2. The largest absolute Gasteiger partial charge is 0.480 e. The number of rotatable bonds is 5. The van der Waals surface area contributed by atoms with Crippen molar-refractivity contribution in [2.75, 3.05) is 12.3 Å². The molecule has 0 aliphatic rings. The molecule has 0 bridgehead atoms. The molecule has 1 atom stereocenters. The van der Waals surface area contributed by atoms with Crippen molar-refractivity contribution in [1.82, 2.24) is 5.32 Å². The average molecular weight is 197 g/mol. The Morgan fingerprint density at radius 2 is 2.08 bits per heavy atom. The fraction of sp³-hybridized carbons (Fsp3) is 0.800. The van der Waals surface area contributed by atoms with Crippen LogP contribution in [0.15, 0.2) is 0 Å². The Morgan fingerprint density at radius 1 is 1.58 bits per heavy atom. The minimum Gasteiger partial charge on any atom is -0.480 e. The van der Waals surface area contributed by atoms with Crippen LogP contribution in [0.1, 0.15) is 6.92 Å². The van der Waals surface area contributed by atoms with E-state index in [0.717, 1.165) is 0 Å². The molecule has 0 aromatic heterocycles. The third kappa shape index (κ3) is 5.05. The van der Waals surface area contributed by atoms with Gasteiger partial charge in [-0.05, 0) is 6.54 Å². The summed E-state index contributed by atoms with van der Waals surface area (Å²) in [6, 6.07) is -1.25. The smallest absolute Gasteiger partial charge is 0.321 e. The molecule has 3 N–H and O–H groups in total. The van der Waals surface area contributed by atoms with Crippen LogP contribution in [-0.4, -0.2) is 42.4 Å². The highest BCUT2D eigenvalue weighted by atomic mass is 32.2. The summed E-state index contributed by atoms with van der Waals surface area (Å²) in [4.78, 5) is 10.3. The molecule has 0 saturated carbocycles. The van der Waals surface area contributed by atoms with Crippen molar-refractivity contribution < 1.29 is 22.9 Å². The Hall–Kier alpha value is -0.660. The summed E-state index contributed by atoms with van der Waals surface area (Å²) in [5.41, 5.74) is 0. The van der Waals surface area contributed by atoms with Crippen LogP contribution in [0, 0.1) is 0 Å². The van der Waals surface area contributed by atoms with Gasteiger partial charge in [-0.3, -0.25) is 9.35 Å². The Balaban J connectivity index is 4.24. The van der Waals surface area contributed by atoms with Crippen LogP contribution in [0.25, 0.3) is 0 Å². The highest BCUT2D eigenvalue weighted by Gasteiger charge is 2.22. The number of likely N-dealkylation sites (N-methyl/N-ethyl adjacent to an activating group) is 1. The van der Waals surface area contributed by atoms with Gasteiger partial charge in [0.1, 0.15) is 11.8 Å². The van der Waals surface area contributed by atoms with Gasteiger partial charge in [0.2, 0.25) is 0 Å². The van der Waals surface area contributed by atoms with Crippen LogP contribution < -0.4 is 5.32 Å². The summed E-state index contributed by atoms with van der Waals surface area (Å²) in [5, 5.41) is 10.8. The number of carbonyl (C=O) groups is 1. The van der Waals surface area contributed by atoms with Crippen LogP contribution >= 0.6 is 0 Å². The van der Waals surface area contributed by atoms with Crippen molar-refractivity contribution in [2.24, 2.45) is 0 Å². The molecule has 6 nitrogen and oxygen atoms in total. The van der Waals surface area contributed by atoms with Gasteiger partial charge in [-0.25, -0.2) is 0 Å². The van der Waals surface area contributed by atoms with E-state index in [9.17, 15) is 13.2 Å². The van der Waals surface area contributed by atoms with Gasteiger partial charge >= 0.3 is 5.97 Å². The van der Waals surface area contributed by atoms with Crippen LogP contribution in [0.4, 0.5) is 0 Å². The summed E-state index contributed by atoms with van der Waals surface area (Å²) >= 11 is 0. The van der Waals surface area contributed by atoms with Crippen molar-refractivity contribution in [3.05, 3.63) is 0 Å². The predicted octanol–water partition coefficient (Wildman–Crippen LogP) is -1.06. The molecule has 0 rings (SSSR count). The van der Waals surface area contributed by atoms with E-state index in [4.69, 9.17) is 9.66 Å². The van der Waals surface area contributed by atoms with Gasteiger partial charge in [0.25, 0.3) is 10.1 Å². The number of carboxylic acids is 1. The van der Waals surface area contributed by atoms with Crippen molar-refractivity contribution in [1.29, 1.82) is 0 Å². The van der Waals surface area contributed by atoms with Crippen LogP contribution in [-0.2, 0) is 14.9 Å². The van der Waals surface area contributed by atoms with Crippen molar-refractivity contribution in [3.63, 3.8) is 0 Å². The van der Waals surface area contributed by atoms with E-state index < -0.39 is 27.9 Å². The molecule has 0 heterocycles. The van der Waals surface area contributed by atoms with Crippen LogP contribution in [0.2, 0.25) is 0 Å². The predicted molar refractivity (Wildman–Crippen MR) is 41.5 cm³/mol. The fourth-order valence-electron chi connectivity index (χ4n) is 0.675. The molecule has 0 radical (unpaired) electrons. The Bertz CT molecular complexity index is 247. The molecule has 0 unspecified atom stereocenters. The SMILES string of the molecule is CCN[C@@H](CS(=O)(=O)O)C(=O)O. The lowest BCUT2D eigenvalue weighted by atomic mass is 10.3. The van der Waals surface area contributed by atoms with E-state index in [0.29, 0.717) is 6.54 Å². The van der Waals surface area contributed by atoms with Crippen molar-refractivity contribution in [2.45, 2.75) is 13.0 Å². The average Bonchev–Trinajstić information content (AvgIpc) is 1.83. The maximum Gasteiger partial charge on any atom is 0.321 e. The first-order valence-corrected chi connectivity index (χ1v) is 4.89.